The molecular formula is C32H48O12. The zero-order chi connectivity index (χ0) is 30.6. The molecule has 0 saturated heterocycles. The zero-order valence-electron chi connectivity index (χ0n) is 25.7. The van der Waals surface area contributed by atoms with Crippen LogP contribution in [0.4, 0.5) is 0 Å². The van der Waals surface area contributed by atoms with E-state index in [1.807, 2.05) is 48.5 Å². The summed E-state index contributed by atoms with van der Waals surface area (Å²) in [6, 6.07) is 15.0. The molecule has 0 N–H and O–H groups in total. The van der Waals surface area contributed by atoms with Crippen molar-refractivity contribution in [1.82, 2.24) is 0 Å². The van der Waals surface area contributed by atoms with Gasteiger partial charge in [0, 0.05) is 12.1 Å². The molecule has 12 heteroatoms. The van der Waals surface area contributed by atoms with Crippen molar-refractivity contribution < 1.29 is 56.8 Å². The van der Waals surface area contributed by atoms with Gasteiger partial charge in [-0.15, -0.1) is 0 Å². The summed E-state index contributed by atoms with van der Waals surface area (Å²) in [7, 11) is 0. The van der Waals surface area contributed by atoms with E-state index in [2.05, 4.69) is 0 Å². The van der Waals surface area contributed by atoms with Crippen molar-refractivity contribution in [3.8, 4) is 23.0 Å². The van der Waals surface area contributed by atoms with E-state index in [0.717, 1.165) is 23.0 Å². The van der Waals surface area contributed by atoms with Crippen LogP contribution in [-0.4, -0.2) is 132 Å². The summed E-state index contributed by atoms with van der Waals surface area (Å²) in [4.78, 5) is 0. The number of fused-ring (bicyclic) bond motifs is 4. The van der Waals surface area contributed by atoms with Crippen LogP contribution in [0, 0.1) is 0 Å². The molecule has 1 aliphatic heterocycles. The Hall–Kier alpha value is -2.68. The van der Waals surface area contributed by atoms with E-state index in [4.69, 9.17) is 56.8 Å². The summed E-state index contributed by atoms with van der Waals surface area (Å²) >= 11 is 0. The highest BCUT2D eigenvalue weighted by Gasteiger charge is 2.02. The Morgan fingerprint density at radius 3 is 0.636 bits per heavy atom. The lowest BCUT2D eigenvalue weighted by Gasteiger charge is -2.11. The van der Waals surface area contributed by atoms with Gasteiger partial charge in [0.25, 0.3) is 0 Å². The van der Waals surface area contributed by atoms with Crippen LogP contribution < -0.4 is 18.9 Å². The fourth-order valence-corrected chi connectivity index (χ4v) is 3.70. The molecule has 0 radical (unpaired) electrons. The predicted molar refractivity (Wildman–Crippen MR) is 161 cm³/mol. The SMILES string of the molecule is c1cc2cc(c1)OCCOCCOCCOCCOCCOc1cccc(c1)OCCOCCOCCOCCOCCO2. The molecule has 0 atom stereocenters. The van der Waals surface area contributed by atoms with Crippen LogP contribution in [0.2, 0.25) is 0 Å². The maximum atomic E-state index is 5.75. The molecule has 44 heavy (non-hydrogen) atoms. The summed E-state index contributed by atoms with van der Waals surface area (Å²) in [5.74, 6) is 2.88. The normalized spacial score (nSPS) is 19.8. The third kappa shape index (κ3) is 18.9. The van der Waals surface area contributed by atoms with Crippen molar-refractivity contribution in [2.75, 3.05) is 132 Å². The molecule has 0 fully saturated rings. The first kappa shape index (κ1) is 35.8. The number of rotatable bonds is 0. The molecule has 2 aromatic rings. The minimum Gasteiger partial charge on any atom is -0.491 e. The Morgan fingerprint density at radius 1 is 0.250 bits per heavy atom. The summed E-state index contributed by atoms with van der Waals surface area (Å²) in [6.07, 6.45) is 0. The Kier molecular flexibility index (Phi) is 20.8. The molecular weight excluding hydrogens is 576 g/mol. The first-order valence-electron chi connectivity index (χ1n) is 15.2. The van der Waals surface area contributed by atoms with Crippen molar-refractivity contribution in [2.24, 2.45) is 0 Å². The second kappa shape index (κ2) is 25.6. The lowest BCUT2D eigenvalue weighted by Crippen LogP contribution is -2.15. The van der Waals surface area contributed by atoms with Gasteiger partial charge in [0.15, 0.2) is 0 Å². The minimum atomic E-state index is 0.431. The van der Waals surface area contributed by atoms with Gasteiger partial charge in [0.1, 0.15) is 49.4 Å². The highest BCUT2D eigenvalue weighted by atomic mass is 16.6. The fraction of sp³-hybridized carbons (Fsp3) is 0.625. The van der Waals surface area contributed by atoms with Gasteiger partial charge in [0.2, 0.25) is 0 Å². The van der Waals surface area contributed by atoms with Gasteiger partial charge in [0.05, 0.1) is 106 Å². The fourth-order valence-electron chi connectivity index (χ4n) is 3.70. The molecule has 12 nitrogen and oxygen atoms in total. The molecule has 1 heterocycles. The van der Waals surface area contributed by atoms with Gasteiger partial charge >= 0.3 is 0 Å². The van der Waals surface area contributed by atoms with Crippen LogP contribution in [0.3, 0.4) is 0 Å². The molecule has 3 rings (SSSR count). The van der Waals surface area contributed by atoms with Gasteiger partial charge < -0.3 is 56.8 Å². The quantitative estimate of drug-likeness (QED) is 0.430. The van der Waals surface area contributed by atoms with Gasteiger partial charge in [-0.1, -0.05) is 12.1 Å². The van der Waals surface area contributed by atoms with E-state index < -0.39 is 0 Å². The first-order valence-corrected chi connectivity index (χ1v) is 15.2. The van der Waals surface area contributed by atoms with Crippen LogP contribution in [0.25, 0.3) is 0 Å². The smallest absolute Gasteiger partial charge is 0.123 e. The number of benzene rings is 2. The highest BCUT2D eigenvalue weighted by molar-refractivity contribution is 5.33. The summed E-state index contributed by atoms with van der Waals surface area (Å²) in [5, 5.41) is 0. The van der Waals surface area contributed by atoms with Crippen molar-refractivity contribution in [1.29, 1.82) is 0 Å². The number of hydrogen-bond donors (Lipinski definition) is 0. The van der Waals surface area contributed by atoms with Crippen LogP contribution in [0.1, 0.15) is 0 Å². The largest absolute Gasteiger partial charge is 0.491 e. The second-order valence-electron chi connectivity index (χ2n) is 9.24. The second-order valence-corrected chi connectivity index (χ2v) is 9.24. The van der Waals surface area contributed by atoms with Crippen LogP contribution >= 0.6 is 0 Å². The van der Waals surface area contributed by atoms with Gasteiger partial charge in [-0.3, -0.25) is 0 Å². The molecule has 4 bridgehead atoms. The zero-order valence-corrected chi connectivity index (χ0v) is 25.7. The average Bonchev–Trinajstić information content (AvgIpc) is 3.04. The first-order chi connectivity index (χ1) is 21.9. The lowest BCUT2D eigenvalue weighted by atomic mass is 10.3. The van der Waals surface area contributed by atoms with Crippen LogP contribution in [0.15, 0.2) is 48.5 Å². The van der Waals surface area contributed by atoms with Gasteiger partial charge in [-0.2, -0.15) is 0 Å². The molecule has 248 valence electrons. The molecule has 0 aromatic heterocycles. The van der Waals surface area contributed by atoms with E-state index in [0.29, 0.717) is 132 Å². The molecule has 0 amide bonds. The van der Waals surface area contributed by atoms with Crippen LogP contribution in [0.5, 0.6) is 23.0 Å². The average molecular weight is 625 g/mol. The Balaban J connectivity index is 1.29. The topological polar surface area (TPSA) is 111 Å². The third-order valence-electron chi connectivity index (χ3n) is 5.83. The van der Waals surface area contributed by atoms with E-state index >= 15 is 0 Å². The van der Waals surface area contributed by atoms with E-state index in [-0.39, 0.29) is 0 Å². The molecule has 1 aliphatic rings. The Morgan fingerprint density at radius 2 is 0.432 bits per heavy atom. The predicted octanol–water partition coefficient (Wildman–Crippen LogP) is 3.05. The maximum Gasteiger partial charge on any atom is 0.123 e. The maximum absolute atomic E-state index is 5.75. The summed E-state index contributed by atoms with van der Waals surface area (Å²) in [6.45, 7) is 9.43. The summed E-state index contributed by atoms with van der Waals surface area (Å²) < 4.78 is 67.4. The molecule has 0 saturated carbocycles. The minimum absolute atomic E-state index is 0.431. The van der Waals surface area contributed by atoms with Crippen molar-refractivity contribution in [3.63, 3.8) is 0 Å². The molecule has 0 unspecified atom stereocenters. The molecule has 2 aromatic carbocycles. The summed E-state index contributed by atoms with van der Waals surface area (Å²) in [5.41, 5.74) is 0. The molecule has 0 aliphatic carbocycles. The van der Waals surface area contributed by atoms with Gasteiger partial charge in [-0.05, 0) is 24.3 Å². The van der Waals surface area contributed by atoms with E-state index in [1.165, 1.54) is 0 Å². The highest BCUT2D eigenvalue weighted by Crippen LogP contribution is 2.20. The Bertz CT molecular complexity index is 805. The van der Waals surface area contributed by atoms with Crippen molar-refractivity contribution in [2.45, 2.75) is 0 Å². The molecule has 0 spiro atoms. The van der Waals surface area contributed by atoms with Crippen molar-refractivity contribution in [3.05, 3.63) is 48.5 Å². The third-order valence-corrected chi connectivity index (χ3v) is 5.83. The lowest BCUT2D eigenvalue weighted by molar-refractivity contribution is -0.00735. The van der Waals surface area contributed by atoms with Crippen molar-refractivity contribution >= 4 is 0 Å². The van der Waals surface area contributed by atoms with Crippen LogP contribution in [-0.2, 0) is 37.9 Å². The van der Waals surface area contributed by atoms with E-state index in [9.17, 15) is 0 Å². The van der Waals surface area contributed by atoms with E-state index in [1.54, 1.807) is 0 Å². The number of ether oxygens (including phenoxy) is 12. The monoisotopic (exact) mass is 624 g/mol. The standard InChI is InChI=1S/C32H48O12/c1-3-29-27-30(4-1)42-24-20-38-16-12-34-8-10-36-14-18-40-22-26-44-32-6-2-5-31(28-32)43-25-21-39-17-13-35-9-7-33-11-15-37-19-23-41-29/h1-6,27-28H,7-26H2. The number of hydrogen-bond acceptors (Lipinski definition) is 12. The van der Waals surface area contributed by atoms with Gasteiger partial charge in [-0.25, -0.2) is 0 Å². The Labute approximate surface area is 260 Å².